The molecular formula is C18H20N4O2. The van der Waals surface area contributed by atoms with Crippen molar-refractivity contribution >= 4 is 11.6 Å². The summed E-state index contributed by atoms with van der Waals surface area (Å²) in [5.41, 5.74) is 1.47. The molecule has 0 unspecified atom stereocenters. The summed E-state index contributed by atoms with van der Waals surface area (Å²) in [6.45, 7) is 3.13. The molecule has 3 aromatic rings. The highest BCUT2D eigenvalue weighted by atomic mass is 16.5. The first-order valence-corrected chi connectivity index (χ1v) is 8.07. The molecule has 0 saturated heterocycles. The first kappa shape index (κ1) is 16.0. The maximum Gasteiger partial charge on any atom is 0.251 e. The van der Waals surface area contributed by atoms with E-state index < -0.39 is 0 Å². The first-order valence-electron chi connectivity index (χ1n) is 8.07. The smallest absolute Gasteiger partial charge is 0.251 e. The third-order valence-corrected chi connectivity index (χ3v) is 3.67. The highest BCUT2D eigenvalue weighted by Crippen LogP contribution is 2.12. The largest absolute Gasteiger partial charge is 0.494 e. The van der Waals surface area contributed by atoms with Crippen LogP contribution < -0.4 is 10.1 Å². The molecule has 0 aliphatic rings. The van der Waals surface area contributed by atoms with Gasteiger partial charge < -0.3 is 10.1 Å². The van der Waals surface area contributed by atoms with E-state index >= 15 is 0 Å². The van der Waals surface area contributed by atoms with Gasteiger partial charge >= 0.3 is 0 Å². The Morgan fingerprint density at radius 2 is 2.00 bits per heavy atom. The summed E-state index contributed by atoms with van der Waals surface area (Å²) >= 11 is 0. The van der Waals surface area contributed by atoms with E-state index in [9.17, 15) is 4.79 Å². The number of fused-ring (bicyclic) bond motifs is 1. The molecule has 1 amide bonds. The Bertz CT molecular complexity index is 811. The number of carbonyl (C=O) groups excluding carboxylic acids is 1. The van der Waals surface area contributed by atoms with Gasteiger partial charge in [0.15, 0.2) is 5.65 Å². The molecule has 0 spiro atoms. The van der Waals surface area contributed by atoms with E-state index in [1.807, 2.05) is 35.7 Å². The van der Waals surface area contributed by atoms with E-state index in [0.29, 0.717) is 18.7 Å². The number of hydrogen-bond donors (Lipinski definition) is 1. The van der Waals surface area contributed by atoms with Gasteiger partial charge in [0, 0.05) is 24.7 Å². The molecule has 6 nitrogen and oxygen atoms in total. The van der Waals surface area contributed by atoms with Crippen LogP contribution in [-0.2, 0) is 6.42 Å². The van der Waals surface area contributed by atoms with Gasteiger partial charge in [-0.25, -0.2) is 0 Å². The minimum atomic E-state index is -0.0795. The predicted octanol–water partition coefficient (Wildman–Crippen LogP) is 2.49. The summed E-state index contributed by atoms with van der Waals surface area (Å²) in [5, 5.41) is 11.2. The number of nitrogens with zero attached hydrogens (tertiary/aromatic N) is 3. The molecule has 2 aromatic heterocycles. The number of aromatic nitrogens is 3. The fourth-order valence-corrected chi connectivity index (χ4v) is 2.48. The lowest BCUT2D eigenvalue weighted by atomic mass is 10.2. The van der Waals surface area contributed by atoms with Crippen LogP contribution >= 0.6 is 0 Å². The maximum atomic E-state index is 12.1. The zero-order chi connectivity index (χ0) is 16.8. The predicted molar refractivity (Wildman–Crippen MR) is 91.3 cm³/mol. The molecule has 24 heavy (non-hydrogen) atoms. The van der Waals surface area contributed by atoms with E-state index in [2.05, 4.69) is 15.5 Å². The Morgan fingerprint density at radius 1 is 1.17 bits per heavy atom. The first-order chi connectivity index (χ1) is 11.8. The lowest BCUT2D eigenvalue weighted by molar-refractivity contribution is 0.0953. The second kappa shape index (κ2) is 7.59. The standard InChI is InChI=1S/C18H20N4O2/c1-2-24-15-10-8-14(9-11-15)18(23)19-12-5-7-17-21-20-16-6-3-4-13-22(16)17/h3-4,6,8-11,13H,2,5,7,12H2,1H3,(H,19,23). The van der Waals surface area contributed by atoms with Crippen LogP contribution in [-0.4, -0.2) is 33.7 Å². The lowest BCUT2D eigenvalue weighted by Crippen LogP contribution is -2.24. The van der Waals surface area contributed by atoms with Crippen LogP contribution in [0.25, 0.3) is 5.65 Å². The number of pyridine rings is 1. The molecule has 3 rings (SSSR count). The van der Waals surface area contributed by atoms with Crippen LogP contribution in [0.4, 0.5) is 0 Å². The fraction of sp³-hybridized carbons (Fsp3) is 0.278. The van der Waals surface area contributed by atoms with Crippen molar-refractivity contribution in [2.45, 2.75) is 19.8 Å². The maximum absolute atomic E-state index is 12.1. The van der Waals surface area contributed by atoms with Gasteiger partial charge in [0.05, 0.1) is 6.61 Å². The number of benzene rings is 1. The summed E-state index contributed by atoms with van der Waals surface area (Å²) in [5.74, 6) is 1.60. The third-order valence-electron chi connectivity index (χ3n) is 3.67. The van der Waals surface area contributed by atoms with Crippen molar-refractivity contribution in [1.29, 1.82) is 0 Å². The number of rotatable bonds is 7. The zero-order valence-electron chi connectivity index (χ0n) is 13.6. The number of hydrogen-bond acceptors (Lipinski definition) is 4. The lowest BCUT2D eigenvalue weighted by Gasteiger charge is -2.06. The highest BCUT2D eigenvalue weighted by molar-refractivity contribution is 5.94. The summed E-state index contributed by atoms with van der Waals surface area (Å²) in [6.07, 6.45) is 3.51. The molecule has 2 heterocycles. The van der Waals surface area contributed by atoms with E-state index in [4.69, 9.17) is 4.74 Å². The van der Waals surface area contributed by atoms with Gasteiger partial charge in [0.25, 0.3) is 5.91 Å². The zero-order valence-corrected chi connectivity index (χ0v) is 13.6. The van der Waals surface area contributed by atoms with Crippen molar-refractivity contribution < 1.29 is 9.53 Å². The van der Waals surface area contributed by atoms with Crippen LogP contribution in [0, 0.1) is 0 Å². The SMILES string of the molecule is CCOc1ccc(C(=O)NCCCc2nnc3ccccn23)cc1. The molecule has 0 bridgehead atoms. The average molecular weight is 324 g/mol. The quantitative estimate of drug-likeness (QED) is 0.678. The summed E-state index contributed by atoms with van der Waals surface area (Å²) in [7, 11) is 0. The number of carbonyl (C=O) groups is 1. The van der Waals surface area contributed by atoms with E-state index in [1.54, 1.807) is 24.3 Å². The number of nitrogens with one attached hydrogen (secondary N) is 1. The summed E-state index contributed by atoms with van der Waals surface area (Å²) in [4.78, 5) is 12.1. The second-order valence-corrected chi connectivity index (χ2v) is 5.36. The molecule has 0 fully saturated rings. The van der Waals surface area contributed by atoms with Crippen LogP contribution in [0.5, 0.6) is 5.75 Å². The molecule has 0 saturated carbocycles. The van der Waals surface area contributed by atoms with Crippen LogP contribution in [0.3, 0.4) is 0 Å². The Hall–Kier alpha value is -2.89. The van der Waals surface area contributed by atoms with Crippen LogP contribution in [0.1, 0.15) is 29.5 Å². The number of amides is 1. The topological polar surface area (TPSA) is 68.5 Å². The molecule has 124 valence electrons. The molecule has 0 aliphatic heterocycles. The number of ether oxygens (including phenoxy) is 1. The van der Waals surface area contributed by atoms with Crippen LogP contribution in [0.15, 0.2) is 48.7 Å². The molecule has 1 N–H and O–H groups in total. The van der Waals surface area contributed by atoms with Crippen molar-refractivity contribution in [1.82, 2.24) is 19.9 Å². The Labute approximate surface area is 140 Å². The molecule has 0 radical (unpaired) electrons. The minimum absolute atomic E-state index is 0.0795. The Balaban J connectivity index is 1.48. The van der Waals surface area contributed by atoms with Gasteiger partial charge in [-0.3, -0.25) is 9.20 Å². The van der Waals surface area contributed by atoms with E-state index in [-0.39, 0.29) is 5.91 Å². The van der Waals surface area contributed by atoms with Gasteiger partial charge in [-0.1, -0.05) is 6.07 Å². The average Bonchev–Trinajstić information content (AvgIpc) is 3.03. The van der Waals surface area contributed by atoms with Gasteiger partial charge in [0.2, 0.25) is 0 Å². The molecule has 6 heteroatoms. The molecule has 1 aromatic carbocycles. The van der Waals surface area contributed by atoms with Crippen molar-refractivity contribution in [3.05, 3.63) is 60.0 Å². The Kier molecular flexibility index (Phi) is 5.05. The van der Waals surface area contributed by atoms with Crippen molar-refractivity contribution in [2.75, 3.05) is 13.2 Å². The van der Waals surface area contributed by atoms with Crippen LogP contribution in [0.2, 0.25) is 0 Å². The van der Waals surface area contributed by atoms with Crippen molar-refractivity contribution in [2.24, 2.45) is 0 Å². The summed E-state index contributed by atoms with van der Waals surface area (Å²) in [6, 6.07) is 13.0. The fourth-order valence-electron chi connectivity index (χ4n) is 2.48. The van der Waals surface area contributed by atoms with Crippen molar-refractivity contribution in [3.8, 4) is 5.75 Å². The molecule has 0 atom stereocenters. The Morgan fingerprint density at radius 3 is 2.79 bits per heavy atom. The third kappa shape index (κ3) is 3.71. The van der Waals surface area contributed by atoms with Gasteiger partial charge in [0.1, 0.15) is 11.6 Å². The molecular weight excluding hydrogens is 304 g/mol. The van der Waals surface area contributed by atoms with E-state index in [0.717, 1.165) is 30.1 Å². The normalized spacial score (nSPS) is 10.7. The minimum Gasteiger partial charge on any atom is -0.494 e. The van der Waals surface area contributed by atoms with Gasteiger partial charge in [-0.05, 0) is 49.7 Å². The number of aryl methyl sites for hydroxylation is 1. The second-order valence-electron chi connectivity index (χ2n) is 5.36. The van der Waals surface area contributed by atoms with Crippen molar-refractivity contribution in [3.63, 3.8) is 0 Å². The highest BCUT2D eigenvalue weighted by Gasteiger charge is 2.07. The van der Waals surface area contributed by atoms with E-state index in [1.165, 1.54) is 0 Å². The monoisotopic (exact) mass is 324 g/mol. The van der Waals surface area contributed by atoms with Gasteiger partial charge in [-0.15, -0.1) is 10.2 Å². The molecule has 0 aliphatic carbocycles. The summed E-state index contributed by atoms with van der Waals surface area (Å²) < 4.78 is 7.34. The van der Waals surface area contributed by atoms with Gasteiger partial charge in [-0.2, -0.15) is 0 Å².